The minimum atomic E-state index is -1.15. The van der Waals surface area contributed by atoms with Crippen LogP contribution in [-0.2, 0) is 16.0 Å². The summed E-state index contributed by atoms with van der Waals surface area (Å²) in [4.78, 5) is 25.0. The molecule has 1 heterocycles. The van der Waals surface area contributed by atoms with E-state index >= 15 is 0 Å². The van der Waals surface area contributed by atoms with E-state index in [-0.39, 0.29) is 12.3 Å². The summed E-state index contributed by atoms with van der Waals surface area (Å²) in [6.45, 7) is 1.99. The smallest absolute Gasteiger partial charge is 0.329 e. The standard InChI is InChI=1S/C14H15BrFNO3/c1-14(13(19)20)5-2-6-17(14)12(18)8-9-3-4-10(15)11(16)7-9/h3-4,7H,2,5-6,8H2,1H3,(H,19,20). The van der Waals surface area contributed by atoms with Crippen molar-refractivity contribution in [1.29, 1.82) is 0 Å². The molecule has 0 aromatic heterocycles. The fourth-order valence-corrected chi connectivity index (χ4v) is 2.75. The Morgan fingerprint density at radius 2 is 2.20 bits per heavy atom. The molecule has 1 aliphatic rings. The molecule has 1 aromatic rings. The van der Waals surface area contributed by atoms with Crippen LogP contribution in [0.5, 0.6) is 0 Å². The van der Waals surface area contributed by atoms with Crippen molar-refractivity contribution in [3.63, 3.8) is 0 Å². The normalized spacial score (nSPS) is 22.1. The first-order valence-corrected chi connectivity index (χ1v) is 7.11. The predicted octanol–water partition coefficient (Wildman–Crippen LogP) is 2.60. The Morgan fingerprint density at radius 1 is 1.50 bits per heavy atom. The quantitative estimate of drug-likeness (QED) is 0.917. The second-order valence-corrected chi connectivity index (χ2v) is 6.01. The molecule has 20 heavy (non-hydrogen) atoms. The van der Waals surface area contributed by atoms with Gasteiger partial charge in [-0.2, -0.15) is 0 Å². The van der Waals surface area contributed by atoms with Gasteiger partial charge in [-0.05, 0) is 53.4 Å². The third-order valence-corrected chi connectivity index (χ3v) is 4.39. The van der Waals surface area contributed by atoms with Gasteiger partial charge >= 0.3 is 5.97 Å². The summed E-state index contributed by atoms with van der Waals surface area (Å²) in [5.41, 5.74) is -0.610. The van der Waals surface area contributed by atoms with Crippen LogP contribution in [0, 0.1) is 5.82 Å². The van der Waals surface area contributed by atoms with Crippen molar-refractivity contribution in [3.05, 3.63) is 34.1 Å². The molecule has 1 amide bonds. The monoisotopic (exact) mass is 343 g/mol. The van der Waals surface area contributed by atoms with Crippen LogP contribution in [0.15, 0.2) is 22.7 Å². The molecule has 1 atom stereocenters. The Bertz CT molecular complexity index is 563. The molecule has 4 nitrogen and oxygen atoms in total. The maximum atomic E-state index is 13.4. The molecule has 0 aliphatic carbocycles. The molecule has 1 fully saturated rings. The zero-order valence-corrected chi connectivity index (χ0v) is 12.6. The van der Waals surface area contributed by atoms with Gasteiger partial charge in [0, 0.05) is 6.54 Å². The van der Waals surface area contributed by atoms with Crippen molar-refractivity contribution in [2.24, 2.45) is 0 Å². The largest absolute Gasteiger partial charge is 0.480 e. The van der Waals surface area contributed by atoms with E-state index in [0.717, 1.165) is 0 Å². The molecule has 0 spiro atoms. The summed E-state index contributed by atoms with van der Waals surface area (Å²) >= 11 is 3.05. The molecule has 1 N–H and O–H groups in total. The van der Waals surface area contributed by atoms with Gasteiger partial charge < -0.3 is 10.0 Å². The van der Waals surface area contributed by atoms with E-state index in [0.29, 0.717) is 29.4 Å². The molecule has 1 aliphatic heterocycles. The Balaban J connectivity index is 2.15. The van der Waals surface area contributed by atoms with Crippen LogP contribution in [0.1, 0.15) is 25.3 Å². The van der Waals surface area contributed by atoms with E-state index in [4.69, 9.17) is 0 Å². The second-order valence-electron chi connectivity index (χ2n) is 5.15. The Labute approximate surface area is 124 Å². The first-order valence-electron chi connectivity index (χ1n) is 6.32. The molecule has 0 radical (unpaired) electrons. The lowest BCUT2D eigenvalue weighted by molar-refractivity contribution is -0.155. The number of carbonyl (C=O) groups is 2. The van der Waals surface area contributed by atoms with E-state index < -0.39 is 17.3 Å². The van der Waals surface area contributed by atoms with Crippen molar-refractivity contribution in [2.45, 2.75) is 31.7 Å². The fraction of sp³-hybridized carbons (Fsp3) is 0.429. The number of carboxylic acid groups (broad SMARTS) is 1. The Morgan fingerprint density at radius 3 is 2.80 bits per heavy atom. The minimum absolute atomic E-state index is 0.00701. The van der Waals surface area contributed by atoms with Gasteiger partial charge in [-0.15, -0.1) is 0 Å². The SMILES string of the molecule is CC1(C(=O)O)CCCN1C(=O)Cc1ccc(Br)c(F)c1. The van der Waals surface area contributed by atoms with Gasteiger partial charge in [0.15, 0.2) is 0 Å². The number of halogens is 2. The number of benzene rings is 1. The van der Waals surface area contributed by atoms with Gasteiger partial charge in [0.25, 0.3) is 0 Å². The lowest BCUT2D eigenvalue weighted by Crippen LogP contribution is -2.51. The second kappa shape index (κ2) is 5.52. The van der Waals surface area contributed by atoms with Crippen molar-refractivity contribution in [2.75, 3.05) is 6.54 Å². The molecule has 108 valence electrons. The molecule has 1 saturated heterocycles. The first-order chi connectivity index (χ1) is 9.34. The zero-order valence-electron chi connectivity index (χ0n) is 11.0. The summed E-state index contributed by atoms with van der Waals surface area (Å²) in [6, 6.07) is 4.48. The first kappa shape index (κ1) is 15.0. The molecular formula is C14H15BrFNO3. The van der Waals surface area contributed by atoms with Gasteiger partial charge in [-0.3, -0.25) is 4.79 Å². The minimum Gasteiger partial charge on any atom is -0.480 e. The van der Waals surface area contributed by atoms with Gasteiger partial charge in [0.1, 0.15) is 11.4 Å². The maximum absolute atomic E-state index is 13.4. The van der Waals surface area contributed by atoms with Gasteiger partial charge in [0.05, 0.1) is 10.9 Å². The number of hydrogen-bond donors (Lipinski definition) is 1. The summed E-state index contributed by atoms with van der Waals surface area (Å²) in [6.07, 6.45) is 1.12. The number of rotatable bonds is 3. The van der Waals surface area contributed by atoms with Crippen molar-refractivity contribution >= 4 is 27.8 Å². The highest BCUT2D eigenvalue weighted by Gasteiger charge is 2.45. The molecule has 0 bridgehead atoms. The number of carboxylic acids is 1. The molecule has 1 unspecified atom stereocenters. The van der Waals surface area contributed by atoms with Crippen molar-refractivity contribution in [3.8, 4) is 0 Å². The summed E-state index contributed by atoms with van der Waals surface area (Å²) in [5, 5.41) is 9.28. The third kappa shape index (κ3) is 2.70. The topological polar surface area (TPSA) is 57.6 Å². The molecule has 0 saturated carbocycles. The van der Waals surface area contributed by atoms with Crippen molar-refractivity contribution in [1.82, 2.24) is 4.90 Å². The number of hydrogen-bond acceptors (Lipinski definition) is 2. The zero-order chi connectivity index (χ0) is 14.9. The summed E-state index contributed by atoms with van der Waals surface area (Å²) in [5.74, 6) is -1.71. The number of amides is 1. The molecular weight excluding hydrogens is 329 g/mol. The summed E-state index contributed by atoms with van der Waals surface area (Å²) in [7, 11) is 0. The van der Waals surface area contributed by atoms with E-state index in [1.807, 2.05) is 0 Å². The lowest BCUT2D eigenvalue weighted by Gasteiger charge is -2.31. The average molecular weight is 344 g/mol. The van der Waals surface area contributed by atoms with E-state index in [2.05, 4.69) is 15.9 Å². The maximum Gasteiger partial charge on any atom is 0.329 e. The highest BCUT2D eigenvalue weighted by Crippen LogP contribution is 2.30. The van der Waals surface area contributed by atoms with Crippen LogP contribution < -0.4 is 0 Å². The van der Waals surface area contributed by atoms with E-state index in [1.54, 1.807) is 19.1 Å². The van der Waals surface area contributed by atoms with Crippen LogP contribution in [-0.4, -0.2) is 34.0 Å². The fourth-order valence-electron chi connectivity index (χ4n) is 2.51. The average Bonchev–Trinajstić information content (AvgIpc) is 2.77. The van der Waals surface area contributed by atoms with Crippen LogP contribution in [0.3, 0.4) is 0 Å². The van der Waals surface area contributed by atoms with Crippen LogP contribution in [0.2, 0.25) is 0 Å². The van der Waals surface area contributed by atoms with Gasteiger partial charge in [-0.1, -0.05) is 6.07 Å². The van der Waals surface area contributed by atoms with Crippen LogP contribution in [0.4, 0.5) is 4.39 Å². The van der Waals surface area contributed by atoms with Gasteiger partial charge in [0.2, 0.25) is 5.91 Å². The highest BCUT2D eigenvalue weighted by molar-refractivity contribution is 9.10. The van der Waals surface area contributed by atoms with Crippen LogP contribution in [0.25, 0.3) is 0 Å². The van der Waals surface area contributed by atoms with E-state index in [1.165, 1.54) is 11.0 Å². The summed E-state index contributed by atoms with van der Waals surface area (Å²) < 4.78 is 13.8. The number of likely N-dealkylation sites (tertiary alicyclic amines) is 1. The Hall–Kier alpha value is -1.43. The lowest BCUT2D eigenvalue weighted by atomic mass is 9.98. The van der Waals surface area contributed by atoms with E-state index in [9.17, 15) is 19.1 Å². The molecule has 1 aromatic carbocycles. The van der Waals surface area contributed by atoms with Crippen molar-refractivity contribution < 1.29 is 19.1 Å². The highest BCUT2D eigenvalue weighted by atomic mass is 79.9. The van der Waals surface area contributed by atoms with Crippen LogP contribution >= 0.6 is 15.9 Å². The molecule has 6 heteroatoms. The number of aliphatic carboxylic acids is 1. The third-order valence-electron chi connectivity index (χ3n) is 3.74. The Kier molecular flexibility index (Phi) is 4.13. The molecule has 2 rings (SSSR count). The predicted molar refractivity (Wildman–Crippen MR) is 74.8 cm³/mol. The van der Waals surface area contributed by atoms with Gasteiger partial charge in [-0.25, -0.2) is 9.18 Å². The number of nitrogens with zero attached hydrogens (tertiary/aromatic N) is 1. The number of carbonyl (C=O) groups excluding carboxylic acids is 1.